The third kappa shape index (κ3) is 4.98. The smallest absolute Gasteiger partial charge is 0.148 e. The Kier molecular flexibility index (Phi) is 5.51. The maximum absolute atomic E-state index is 10.2. The van der Waals surface area contributed by atoms with E-state index in [2.05, 4.69) is 25.5 Å². The molecule has 0 spiro atoms. The van der Waals surface area contributed by atoms with Crippen molar-refractivity contribution in [2.24, 2.45) is 0 Å². The van der Waals surface area contributed by atoms with E-state index in [0.29, 0.717) is 26.2 Å². The van der Waals surface area contributed by atoms with Gasteiger partial charge in [0, 0.05) is 44.8 Å². The van der Waals surface area contributed by atoms with Gasteiger partial charge in [0.15, 0.2) is 0 Å². The van der Waals surface area contributed by atoms with E-state index in [0.717, 1.165) is 18.9 Å². The van der Waals surface area contributed by atoms with Crippen molar-refractivity contribution < 1.29 is 9.84 Å². The fraction of sp³-hybridized carbons (Fsp3) is 0.533. The van der Waals surface area contributed by atoms with Crippen LogP contribution < -0.4 is 5.32 Å². The van der Waals surface area contributed by atoms with Crippen LogP contribution >= 0.6 is 0 Å². The van der Waals surface area contributed by atoms with Gasteiger partial charge in [-0.1, -0.05) is 0 Å². The van der Waals surface area contributed by atoms with Gasteiger partial charge in [0.05, 0.1) is 25.4 Å². The third-order valence-electron chi connectivity index (χ3n) is 3.73. The SMILES string of the molecule is O[C@H](CN1CCO[C@@H](CNc2cccnn2)C1)Cn1cccn1. The average molecular weight is 318 g/mol. The van der Waals surface area contributed by atoms with Crippen molar-refractivity contribution in [3.63, 3.8) is 0 Å². The minimum Gasteiger partial charge on any atom is -0.390 e. The van der Waals surface area contributed by atoms with Gasteiger partial charge in [-0.05, 0) is 18.2 Å². The van der Waals surface area contributed by atoms with E-state index in [1.165, 1.54) is 0 Å². The number of hydrogen-bond acceptors (Lipinski definition) is 7. The molecule has 3 heterocycles. The normalized spacial score (nSPS) is 20.3. The lowest BCUT2D eigenvalue weighted by Crippen LogP contribution is -2.48. The van der Waals surface area contributed by atoms with Gasteiger partial charge in [-0.15, -0.1) is 5.10 Å². The summed E-state index contributed by atoms with van der Waals surface area (Å²) in [6, 6.07) is 5.58. The second-order valence-electron chi connectivity index (χ2n) is 5.62. The first-order valence-corrected chi connectivity index (χ1v) is 7.80. The molecule has 1 fully saturated rings. The van der Waals surface area contributed by atoms with Gasteiger partial charge < -0.3 is 15.2 Å². The predicted molar refractivity (Wildman–Crippen MR) is 84.9 cm³/mol. The lowest BCUT2D eigenvalue weighted by Gasteiger charge is -2.34. The number of ether oxygens (including phenoxy) is 1. The van der Waals surface area contributed by atoms with Crippen molar-refractivity contribution in [1.29, 1.82) is 0 Å². The summed E-state index contributed by atoms with van der Waals surface area (Å²) in [6.45, 7) is 4.07. The Morgan fingerprint density at radius 3 is 3.09 bits per heavy atom. The molecule has 2 N–H and O–H groups in total. The second-order valence-corrected chi connectivity index (χ2v) is 5.62. The van der Waals surface area contributed by atoms with Gasteiger partial charge in [0.25, 0.3) is 0 Å². The molecule has 0 unspecified atom stereocenters. The molecule has 124 valence electrons. The Morgan fingerprint density at radius 1 is 1.35 bits per heavy atom. The Hall–Kier alpha value is -2.03. The molecule has 1 saturated heterocycles. The molecule has 2 aromatic heterocycles. The summed E-state index contributed by atoms with van der Waals surface area (Å²) in [6.07, 6.45) is 4.85. The van der Waals surface area contributed by atoms with Crippen molar-refractivity contribution in [3.8, 4) is 0 Å². The first-order chi connectivity index (χ1) is 11.3. The molecule has 2 aromatic rings. The summed E-state index contributed by atoms with van der Waals surface area (Å²) in [4.78, 5) is 2.22. The van der Waals surface area contributed by atoms with E-state index in [9.17, 15) is 5.11 Å². The quantitative estimate of drug-likeness (QED) is 0.734. The highest BCUT2D eigenvalue weighted by molar-refractivity contribution is 5.31. The number of nitrogens with zero attached hydrogens (tertiary/aromatic N) is 5. The Morgan fingerprint density at radius 2 is 2.30 bits per heavy atom. The molecule has 2 atom stereocenters. The van der Waals surface area contributed by atoms with Crippen LogP contribution in [0.5, 0.6) is 0 Å². The number of rotatable bonds is 7. The second kappa shape index (κ2) is 8.00. The van der Waals surface area contributed by atoms with Gasteiger partial charge in [-0.2, -0.15) is 10.2 Å². The molecule has 0 radical (unpaired) electrons. The molecule has 23 heavy (non-hydrogen) atoms. The molecule has 0 amide bonds. The van der Waals surface area contributed by atoms with Crippen molar-refractivity contribution in [1.82, 2.24) is 24.9 Å². The average Bonchev–Trinajstić information content (AvgIpc) is 3.07. The van der Waals surface area contributed by atoms with Crippen LogP contribution in [0.2, 0.25) is 0 Å². The van der Waals surface area contributed by atoms with E-state index < -0.39 is 6.10 Å². The van der Waals surface area contributed by atoms with Crippen LogP contribution in [0.3, 0.4) is 0 Å². The highest BCUT2D eigenvalue weighted by Crippen LogP contribution is 2.08. The Labute approximate surface area is 135 Å². The molecule has 0 saturated carbocycles. The van der Waals surface area contributed by atoms with E-state index in [4.69, 9.17) is 4.74 Å². The van der Waals surface area contributed by atoms with Gasteiger partial charge in [-0.3, -0.25) is 9.58 Å². The number of anilines is 1. The number of aliphatic hydroxyl groups is 1. The number of morpholine rings is 1. The maximum Gasteiger partial charge on any atom is 0.148 e. The highest BCUT2D eigenvalue weighted by Gasteiger charge is 2.22. The van der Waals surface area contributed by atoms with Crippen LogP contribution in [-0.2, 0) is 11.3 Å². The largest absolute Gasteiger partial charge is 0.390 e. The van der Waals surface area contributed by atoms with Crippen LogP contribution in [0.1, 0.15) is 0 Å². The lowest BCUT2D eigenvalue weighted by molar-refractivity contribution is -0.0358. The van der Waals surface area contributed by atoms with Crippen LogP contribution in [0.15, 0.2) is 36.8 Å². The van der Waals surface area contributed by atoms with Gasteiger partial charge in [0.1, 0.15) is 5.82 Å². The molecule has 0 bridgehead atoms. The zero-order valence-electron chi connectivity index (χ0n) is 13.0. The molecule has 0 aromatic carbocycles. The topological polar surface area (TPSA) is 88.3 Å². The number of aliphatic hydroxyl groups excluding tert-OH is 1. The van der Waals surface area contributed by atoms with Crippen molar-refractivity contribution in [2.75, 3.05) is 38.1 Å². The standard InChI is InChI=1S/C15H22N6O2/c22-13(11-21-6-2-5-18-21)10-20-7-8-23-14(12-20)9-16-15-3-1-4-17-19-15/h1-6,13-14,22H,7-12H2,(H,16,19)/t13-,14+/m1/s1. The molecule has 1 aliphatic rings. The maximum atomic E-state index is 10.2. The molecule has 8 heteroatoms. The summed E-state index contributed by atoms with van der Waals surface area (Å²) < 4.78 is 7.51. The minimum atomic E-state index is -0.443. The minimum absolute atomic E-state index is 0.0719. The fourth-order valence-corrected chi connectivity index (χ4v) is 2.66. The first kappa shape index (κ1) is 15.9. The Bertz CT molecular complexity index is 565. The molecular weight excluding hydrogens is 296 g/mol. The summed E-state index contributed by atoms with van der Waals surface area (Å²) in [5.74, 6) is 0.743. The van der Waals surface area contributed by atoms with E-state index in [1.807, 2.05) is 24.4 Å². The van der Waals surface area contributed by atoms with Crippen LogP contribution in [0.25, 0.3) is 0 Å². The number of aromatic nitrogens is 4. The molecule has 0 aliphatic carbocycles. The lowest BCUT2D eigenvalue weighted by atomic mass is 10.2. The third-order valence-corrected chi connectivity index (χ3v) is 3.73. The van der Waals surface area contributed by atoms with E-state index in [1.54, 1.807) is 17.1 Å². The molecule has 1 aliphatic heterocycles. The van der Waals surface area contributed by atoms with Gasteiger partial charge in [-0.25, -0.2) is 0 Å². The monoisotopic (exact) mass is 318 g/mol. The summed E-state index contributed by atoms with van der Waals surface area (Å²) in [5, 5.41) is 25.4. The van der Waals surface area contributed by atoms with E-state index >= 15 is 0 Å². The van der Waals surface area contributed by atoms with Crippen molar-refractivity contribution >= 4 is 5.82 Å². The zero-order chi connectivity index (χ0) is 15.9. The predicted octanol–water partition coefficient (Wildman–Crippen LogP) is -0.153. The van der Waals surface area contributed by atoms with Gasteiger partial charge in [0.2, 0.25) is 0 Å². The van der Waals surface area contributed by atoms with Crippen LogP contribution in [-0.4, -0.2) is 75.0 Å². The number of β-amino-alcohol motifs (C(OH)–C–C–N with tert-alkyl or cyclic N) is 1. The van der Waals surface area contributed by atoms with Crippen LogP contribution in [0.4, 0.5) is 5.82 Å². The molecule has 3 rings (SSSR count). The highest BCUT2D eigenvalue weighted by atomic mass is 16.5. The fourth-order valence-electron chi connectivity index (χ4n) is 2.66. The summed E-state index contributed by atoms with van der Waals surface area (Å²) in [5.41, 5.74) is 0. The number of nitrogens with one attached hydrogen (secondary N) is 1. The zero-order valence-corrected chi connectivity index (χ0v) is 13.0. The van der Waals surface area contributed by atoms with Gasteiger partial charge >= 0.3 is 0 Å². The Balaban J connectivity index is 1.42. The van der Waals surface area contributed by atoms with Crippen LogP contribution in [0, 0.1) is 0 Å². The summed E-state index contributed by atoms with van der Waals surface area (Å²) in [7, 11) is 0. The van der Waals surface area contributed by atoms with E-state index in [-0.39, 0.29) is 6.10 Å². The number of hydrogen-bond donors (Lipinski definition) is 2. The van der Waals surface area contributed by atoms with Crippen molar-refractivity contribution in [3.05, 3.63) is 36.8 Å². The molecular formula is C15H22N6O2. The first-order valence-electron chi connectivity index (χ1n) is 7.80. The molecule has 8 nitrogen and oxygen atoms in total. The van der Waals surface area contributed by atoms with Crippen molar-refractivity contribution in [2.45, 2.75) is 18.8 Å². The summed E-state index contributed by atoms with van der Waals surface area (Å²) >= 11 is 0.